The number of methoxy groups -OCH3 is 1. The third-order valence-corrected chi connectivity index (χ3v) is 4.12. The highest BCUT2D eigenvalue weighted by molar-refractivity contribution is 5.92. The maximum atomic E-state index is 11.1. The van der Waals surface area contributed by atoms with Crippen LogP contribution in [0.25, 0.3) is 0 Å². The van der Waals surface area contributed by atoms with Gasteiger partial charge in [0.25, 0.3) is 0 Å². The van der Waals surface area contributed by atoms with Crippen LogP contribution in [0.2, 0.25) is 0 Å². The molecule has 1 saturated carbocycles. The number of carbonyl (C=O) groups excluding carboxylic acids is 1. The Morgan fingerprint density at radius 3 is 2.73 bits per heavy atom. The highest BCUT2D eigenvalue weighted by Gasteiger charge is 2.37. The molecule has 0 radical (unpaired) electrons. The molecule has 2 unspecified atom stereocenters. The quantitative estimate of drug-likeness (QED) is 0.860. The lowest BCUT2D eigenvalue weighted by atomic mass is 10.1. The fourth-order valence-electron chi connectivity index (χ4n) is 2.71. The third kappa shape index (κ3) is 3.28. The minimum absolute atomic E-state index is 0.380. The van der Waals surface area contributed by atoms with Crippen LogP contribution in [0.3, 0.4) is 0 Å². The molecule has 0 aromatic heterocycles. The first-order chi connectivity index (χ1) is 10.7. The fourth-order valence-corrected chi connectivity index (χ4v) is 2.71. The zero-order valence-electron chi connectivity index (χ0n) is 12.6. The van der Waals surface area contributed by atoms with Gasteiger partial charge < -0.3 is 15.8 Å². The molecule has 3 rings (SSSR count). The van der Waals surface area contributed by atoms with Crippen molar-refractivity contribution in [1.29, 1.82) is 0 Å². The van der Waals surface area contributed by atoms with Crippen LogP contribution in [-0.2, 0) is 6.54 Å². The molecule has 1 fully saturated rings. The van der Waals surface area contributed by atoms with E-state index in [-0.39, 0.29) is 5.91 Å². The van der Waals surface area contributed by atoms with E-state index in [2.05, 4.69) is 11.4 Å². The Hall–Kier alpha value is -2.33. The first-order valence-electron chi connectivity index (χ1n) is 7.43. The number of hydrogen-bond acceptors (Lipinski definition) is 3. The number of nitrogens with two attached hydrogens (primary N) is 1. The summed E-state index contributed by atoms with van der Waals surface area (Å²) in [5.74, 6) is 1.02. The number of ether oxygens (including phenoxy) is 1. The molecule has 0 aliphatic heterocycles. The van der Waals surface area contributed by atoms with Crippen LogP contribution < -0.4 is 15.8 Å². The lowest BCUT2D eigenvalue weighted by Gasteiger charge is -2.07. The second-order valence-electron chi connectivity index (χ2n) is 5.67. The first kappa shape index (κ1) is 14.6. The second kappa shape index (κ2) is 6.20. The Morgan fingerprint density at radius 2 is 2.05 bits per heavy atom. The largest absolute Gasteiger partial charge is 0.497 e. The second-order valence-corrected chi connectivity index (χ2v) is 5.67. The van der Waals surface area contributed by atoms with Crippen LogP contribution in [0.5, 0.6) is 5.75 Å². The normalized spacial score (nSPS) is 19.7. The maximum Gasteiger partial charge on any atom is 0.248 e. The van der Waals surface area contributed by atoms with E-state index < -0.39 is 0 Å². The van der Waals surface area contributed by atoms with Crippen molar-refractivity contribution in [2.45, 2.75) is 24.9 Å². The van der Waals surface area contributed by atoms with Crippen molar-refractivity contribution < 1.29 is 9.53 Å². The van der Waals surface area contributed by atoms with Gasteiger partial charge in [0.1, 0.15) is 5.75 Å². The SMILES string of the molecule is COc1cccc(CNC2CC2c2ccc(C(N)=O)cc2)c1. The average molecular weight is 296 g/mol. The number of primary amides is 1. The van der Waals surface area contributed by atoms with E-state index >= 15 is 0 Å². The van der Waals surface area contributed by atoms with E-state index in [1.54, 1.807) is 19.2 Å². The van der Waals surface area contributed by atoms with Gasteiger partial charge in [-0.25, -0.2) is 0 Å². The predicted octanol–water partition coefficient (Wildman–Crippen LogP) is 2.44. The van der Waals surface area contributed by atoms with Gasteiger partial charge in [0.2, 0.25) is 5.91 Å². The number of nitrogens with one attached hydrogen (secondary N) is 1. The lowest BCUT2D eigenvalue weighted by molar-refractivity contribution is 0.100. The van der Waals surface area contributed by atoms with E-state index in [4.69, 9.17) is 10.5 Å². The topological polar surface area (TPSA) is 64.3 Å². The Balaban J connectivity index is 1.55. The van der Waals surface area contributed by atoms with Crippen molar-refractivity contribution >= 4 is 5.91 Å². The third-order valence-electron chi connectivity index (χ3n) is 4.12. The summed E-state index contributed by atoms with van der Waals surface area (Å²) in [5, 5.41) is 3.56. The van der Waals surface area contributed by atoms with Gasteiger partial charge in [-0.15, -0.1) is 0 Å². The summed E-state index contributed by atoms with van der Waals surface area (Å²) in [5.41, 5.74) is 8.29. The summed E-state index contributed by atoms with van der Waals surface area (Å²) >= 11 is 0. The van der Waals surface area contributed by atoms with E-state index in [1.807, 2.05) is 30.3 Å². The molecule has 2 aromatic rings. The first-order valence-corrected chi connectivity index (χ1v) is 7.43. The van der Waals surface area contributed by atoms with Crippen molar-refractivity contribution in [3.05, 3.63) is 65.2 Å². The number of hydrogen-bond donors (Lipinski definition) is 2. The predicted molar refractivity (Wildman–Crippen MR) is 85.9 cm³/mol. The van der Waals surface area contributed by atoms with Crippen LogP contribution in [0, 0.1) is 0 Å². The number of amides is 1. The molecule has 1 amide bonds. The minimum atomic E-state index is -0.380. The van der Waals surface area contributed by atoms with Gasteiger partial charge in [0.15, 0.2) is 0 Å². The summed E-state index contributed by atoms with van der Waals surface area (Å²) in [7, 11) is 1.68. The minimum Gasteiger partial charge on any atom is -0.497 e. The summed E-state index contributed by atoms with van der Waals surface area (Å²) in [6, 6.07) is 16.2. The molecular formula is C18H20N2O2. The summed E-state index contributed by atoms with van der Waals surface area (Å²) in [6.07, 6.45) is 1.12. The molecule has 1 aliphatic rings. The van der Waals surface area contributed by atoms with E-state index in [0.29, 0.717) is 17.5 Å². The summed E-state index contributed by atoms with van der Waals surface area (Å²) in [4.78, 5) is 11.1. The van der Waals surface area contributed by atoms with Gasteiger partial charge in [0.05, 0.1) is 7.11 Å². The van der Waals surface area contributed by atoms with Gasteiger partial charge in [-0.2, -0.15) is 0 Å². The highest BCUT2D eigenvalue weighted by atomic mass is 16.5. The Kier molecular flexibility index (Phi) is 4.11. The number of benzene rings is 2. The van der Waals surface area contributed by atoms with E-state index in [0.717, 1.165) is 18.7 Å². The van der Waals surface area contributed by atoms with Crippen LogP contribution in [0.4, 0.5) is 0 Å². The smallest absolute Gasteiger partial charge is 0.248 e. The van der Waals surface area contributed by atoms with Crippen molar-refractivity contribution in [3.63, 3.8) is 0 Å². The van der Waals surface area contributed by atoms with E-state index in [1.165, 1.54) is 11.1 Å². The monoisotopic (exact) mass is 296 g/mol. The molecule has 22 heavy (non-hydrogen) atoms. The van der Waals surface area contributed by atoms with Crippen LogP contribution in [0.15, 0.2) is 48.5 Å². The highest BCUT2D eigenvalue weighted by Crippen LogP contribution is 2.40. The van der Waals surface area contributed by atoms with Gasteiger partial charge >= 0.3 is 0 Å². The van der Waals surface area contributed by atoms with E-state index in [9.17, 15) is 4.79 Å². The molecule has 0 spiro atoms. The van der Waals surface area contributed by atoms with Crippen molar-refractivity contribution in [3.8, 4) is 5.75 Å². The Labute approximate surface area is 130 Å². The standard InChI is InChI=1S/C18H20N2O2/c1-22-15-4-2-3-12(9-15)11-20-17-10-16(17)13-5-7-14(8-6-13)18(19)21/h2-9,16-17,20H,10-11H2,1H3,(H2,19,21). The fraction of sp³-hybridized carbons (Fsp3) is 0.278. The Bertz CT molecular complexity index is 667. The van der Waals surface area contributed by atoms with Crippen LogP contribution in [0.1, 0.15) is 33.8 Å². The maximum absolute atomic E-state index is 11.1. The van der Waals surface area contributed by atoms with Gasteiger partial charge in [-0.3, -0.25) is 4.79 Å². The summed E-state index contributed by atoms with van der Waals surface area (Å²) < 4.78 is 5.23. The Morgan fingerprint density at radius 1 is 1.27 bits per heavy atom. The van der Waals surface area contributed by atoms with Crippen molar-refractivity contribution in [2.24, 2.45) is 5.73 Å². The molecule has 2 atom stereocenters. The molecule has 4 heteroatoms. The van der Waals surface area contributed by atoms with Crippen molar-refractivity contribution in [2.75, 3.05) is 7.11 Å². The molecular weight excluding hydrogens is 276 g/mol. The molecule has 0 saturated heterocycles. The molecule has 1 aliphatic carbocycles. The molecule has 0 heterocycles. The molecule has 3 N–H and O–H groups in total. The zero-order valence-corrected chi connectivity index (χ0v) is 12.6. The van der Waals surface area contributed by atoms with Gasteiger partial charge in [-0.1, -0.05) is 24.3 Å². The molecule has 0 bridgehead atoms. The molecule has 114 valence electrons. The van der Waals surface area contributed by atoms with Crippen LogP contribution in [-0.4, -0.2) is 19.1 Å². The zero-order chi connectivity index (χ0) is 15.5. The number of carbonyl (C=O) groups is 1. The average Bonchev–Trinajstić information content (AvgIpc) is 3.33. The molecule has 4 nitrogen and oxygen atoms in total. The lowest BCUT2D eigenvalue weighted by Crippen LogP contribution is -2.17. The van der Waals surface area contributed by atoms with Crippen LogP contribution >= 0.6 is 0 Å². The molecule has 2 aromatic carbocycles. The number of rotatable bonds is 6. The summed E-state index contributed by atoms with van der Waals surface area (Å²) in [6.45, 7) is 0.831. The van der Waals surface area contributed by atoms with Gasteiger partial charge in [0, 0.05) is 24.1 Å². The van der Waals surface area contributed by atoms with Crippen molar-refractivity contribution in [1.82, 2.24) is 5.32 Å². The van der Waals surface area contributed by atoms with Gasteiger partial charge in [-0.05, 0) is 41.8 Å².